The molecule has 3 aliphatic heterocycles. The molecule has 145 heavy (non-hydrogen) atoms. The Balaban J connectivity index is 0.000000116. The number of imidazole rings is 3. The molecular weight excluding hydrogens is 2310 g/mol. The maximum atomic E-state index is 10.0. The largest absolute Gasteiger partial charge is 0.512 e. The fraction of sp³-hybridized carbons (Fsp3) is 0.0923. The summed E-state index contributed by atoms with van der Waals surface area (Å²) in [6, 6.07) is 130. The number of allylic oxidation sites excluding steroid dienone is 2. The number of carbonyl (C=O) groups excluding carboxylic acids is 1. The number of para-hydroxylation sites is 2. The maximum Gasteiger partial charge on any atom is 0.295 e. The van der Waals surface area contributed by atoms with E-state index < -0.39 is 48.5 Å². The number of nitrogens with zero attached hydrogens (tertiary/aromatic N) is 10. The first kappa shape index (κ1) is 89.3. The second-order valence-corrected chi connectivity index (χ2v) is 36.2. The minimum Gasteiger partial charge on any atom is -0.512 e. The molecule has 0 fully saturated rings. The van der Waals surface area contributed by atoms with E-state index in [1.165, 1.54) is 197 Å². The molecule has 28 rings (SSSR count). The van der Waals surface area contributed by atoms with Crippen LogP contribution in [-0.2, 0) is 90.2 Å². The molecule has 15 heteroatoms. The van der Waals surface area contributed by atoms with E-state index in [9.17, 15) is 4.79 Å². The van der Waals surface area contributed by atoms with Gasteiger partial charge in [0.25, 0.3) is 17.3 Å². The third kappa shape index (κ3) is 20.0. The van der Waals surface area contributed by atoms with Crippen molar-refractivity contribution in [2.45, 2.75) is 80.4 Å². The van der Waals surface area contributed by atoms with Gasteiger partial charge in [0.1, 0.15) is 55.1 Å². The monoisotopic (exact) mass is 2420 g/mol. The van der Waals surface area contributed by atoms with Gasteiger partial charge in [0.05, 0.1) is 27.8 Å². The number of carbonyl (C=O) groups is 1. The Morgan fingerprint density at radius 2 is 1.03 bits per heavy atom. The molecule has 24 aromatic rings. The van der Waals surface area contributed by atoms with Gasteiger partial charge in [0.15, 0.2) is 22.5 Å². The van der Waals surface area contributed by atoms with Gasteiger partial charge in [-0.15, -0.1) is 143 Å². The van der Waals surface area contributed by atoms with Crippen LogP contribution in [0, 0.1) is 52.0 Å². The molecule has 0 amide bonds. The van der Waals surface area contributed by atoms with Crippen molar-refractivity contribution in [3.8, 4) is 90.4 Å². The van der Waals surface area contributed by atoms with E-state index in [0.29, 0.717) is 0 Å². The molecule has 3 radical (unpaired) electrons. The first-order valence-corrected chi connectivity index (χ1v) is 47.5. The normalized spacial score (nSPS) is 12.7. The zero-order valence-corrected chi connectivity index (χ0v) is 88.1. The van der Waals surface area contributed by atoms with Gasteiger partial charge in [0.2, 0.25) is 0 Å². The van der Waals surface area contributed by atoms with E-state index in [2.05, 4.69) is 392 Å². The van der Waals surface area contributed by atoms with Crippen LogP contribution in [0.4, 0.5) is 0 Å². The number of aryl methyl sites for hydroxylation is 4. The van der Waals surface area contributed by atoms with Crippen molar-refractivity contribution < 1.29 is 94.9 Å². The number of pyridine rings is 5. The smallest absolute Gasteiger partial charge is 0.295 e. The van der Waals surface area contributed by atoms with Crippen molar-refractivity contribution in [1.29, 1.82) is 0 Å². The summed E-state index contributed by atoms with van der Waals surface area (Å²) in [5, 5.41) is 22.5. The molecule has 1 N–H and O–H groups in total. The molecule has 0 saturated heterocycles. The molecule has 0 unspecified atom stereocenters. The minimum absolute atomic E-state index is 0. The third-order valence-corrected chi connectivity index (χ3v) is 26.5. The molecule has 8 aromatic heterocycles. The summed E-state index contributed by atoms with van der Waals surface area (Å²) < 4.78 is 74.8. The van der Waals surface area contributed by atoms with Gasteiger partial charge in [-0.25, -0.2) is 13.7 Å². The summed E-state index contributed by atoms with van der Waals surface area (Å²) >= 11 is 0. The van der Waals surface area contributed by atoms with Crippen LogP contribution in [0.25, 0.3) is 172 Å². The van der Waals surface area contributed by atoms with E-state index in [1.807, 2.05) is 104 Å². The fourth-order valence-corrected chi connectivity index (χ4v) is 20.2. The zero-order valence-electron chi connectivity index (χ0n) is 88.9. The molecule has 0 spiro atoms. The van der Waals surface area contributed by atoms with Gasteiger partial charge < -0.3 is 25.0 Å². The van der Waals surface area contributed by atoms with Crippen LogP contribution in [-0.4, -0.2) is 44.4 Å². The van der Waals surface area contributed by atoms with Gasteiger partial charge in [-0.3, -0.25) is 4.79 Å². The summed E-state index contributed by atoms with van der Waals surface area (Å²) in [6.45, 7) is 18.9. The van der Waals surface area contributed by atoms with E-state index >= 15 is 0 Å². The fourth-order valence-electron chi connectivity index (χ4n) is 20.2. The van der Waals surface area contributed by atoms with Crippen molar-refractivity contribution in [1.82, 2.24) is 33.5 Å². The third-order valence-electron chi connectivity index (χ3n) is 26.5. The Kier molecular flexibility index (Phi) is 27.1. The number of rotatable bonds is 7. The van der Waals surface area contributed by atoms with Crippen molar-refractivity contribution >= 4 is 87.2 Å². The molecule has 713 valence electrons. The number of hydrogen-bond donors (Lipinski definition) is 1. The Morgan fingerprint density at radius 3 is 1.74 bits per heavy atom. The van der Waals surface area contributed by atoms with Crippen LogP contribution in [0.2, 0.25) is 0 Å². The quantitative estimate of drug-likeness (QED) is 0.0559. The van der Waals surface area contributed by atoms with Crippen LogP contribution in [0.1, 0.15) is 88.7 Å². The first-order chi connectivity index (χ1) is 72.8. The Labute approximate surface area is 897 Å². The summed E-state index contributed by atoms with van der Waals surface area (Å²) in [6.07, 6.45) is 13.0. The van der Waals surface area contributed by atoms with Crippen molar-refractivity contribution in [2.75, 3.05) is 0 Å². The average Bonchev–Trinajstić information content (AvgIpc) is 1.62. The van der Waals surface area contributed by atoms with Crippen LogP contribution < -0.4 is 13.7 Å². The number of aliphatic hydroxyl groups is 1. The molecule has 0 atom stereocenters. The Hall–Kier alpha value is -15.8. The summed E-state index contributed by atoms with van der Waals surface area (Å²) in [5.74, 6) is 2.48. The predicted octanol–water partition coefficient (Wildman–Crippen LogP) is 29.0. The van der Waals surface area contributed by atoms with Crippen LogP contribution in [0.3, 0.4) is 0 Å². The number of ketones is 1. The van der Waals surface area contributed by atoms with Gasteiger partial charge in [-0.05, 0) is 194 Å². The second-order valence-electron chi connectivity index (χ2n) is 36.2. The zero-order chi connectivity index (χ0) is 104. The second kappa shape index (κ2) is 44.0. The topological polar surface area (TPSA) is 115 Å². The standard InChI is InChI=1S/C25H21N2.C24H17N2.C20H15N2.C18H14N.C15H10N.C12H10N.C11H8N.C5H8O2.3Ir/c1-15-10-11-21-20(12-15)19-9-5-8-18-13-26-14-22(27(21)25(26)24(18)19)23-16(2)6-4-7-17(23)3;1-3-11-19-17(8-1)10-7-15-21(19)26-23-14-6-5-13-22(23)25-16-18-9-2-4-12-20(18)24(25)26;1-3-9-17-15(6-1)8-5-11-19(17)22-13-12-21-14-16-7-2-4-10-18(16)20(21)22;1-18(2)14-8-4-3-7-13(14)17-16-12(10-11-19-17)6-5-9-15(16)18;1-2-7-13(8-3-1)15-14-9-5-4-6-12(14)10-11-16-15;1-10-7-8-12(13-9-10)11-5-3-2-4-6-11;1-2-6-10(7-3-1)11-8-4-5-9-12-11;1-4(6)3-5(2)7;;;/h4-12,14H,13H2,1-3H3;1-15H,16H2;1-13H,14H2;3-6,8-11H,1-2H3;1-7,9-11H;2-5,7-9H,1H3;1-6,8-9H;3,6H,1-2H3;;;/q3*+1;4*-1;;;;/i;;;;;;1D,2D,3D,4D,5D,6D,8D,9D;;;;. The maximum absolute atomic E-state index is 10.0. The van der Waals surface area contributed by atoms with Crippen LogP contribution in [0.5, 0.6) is 0 Å². The predicted molar refractivity (Wildman–Crippen MR) is 578 cm³/mol. The Morgan fingerprint density at radius 1 is 0.448 bits per heavy atom. The number of benzene rings is 16. The number of aliphatic hydroxyl groups excluding tert-OH is 1. The summed E-state index contributed by atoms with van der Waals surface area (Å²) in [4.78, 5) is 27.1. The van der Waals surface area contributed by atoms with Crippen molar-refractivity contribution in [3.63, 3.8) is 0 Å². The van der Waals surface area contributed by atoms with Crippen molar-refractivity contribution in [2.24, 2.45) is 0 Å². The average molecular weight is 2420 g/mol. The molecule has 4 aliphatic rings. The van der Waals surface area contributed by atoms with Crippen LogP contribution in [0.15, 0.2) is 443 Å². The molecule has 12 nitrogen and oxygen atoms in total. The van der Waals surface area contributed by atoms with Gasteiger partial charge in [0, 0.05) is 138 Å². The SMILES string of the molecule is CC(=O)C=C(C)O.CC1(C)c2ccc[c-]c2-c2nccc3cccc1c23.Cc1ccc(-c2[c-]cccc2)nc1.Cc1ccc2c(c1)c1cccc3c1c1n2c(-c2c(C)cccc2C)c[n+]1C3.[2H]c1[c-]c(-c2nc([2H])c([2H])c([2H])c2[2H])c([2H])c([2H])c1[2H].[Ir].[Ir].[Ir].[c-]1ccccc1-c1nccc2ccccc12.c1ccc2c(c1)C[n+]1c-2n(-c2cccc3ccccc23)c2ccccc21.c1ccc2c(c1)C[n+]1ccn(-c3cccc4ccccc34)c1-2. The van der Waals surface area contributed by atoms with Gasteiger partial charge in [-0.2, -0.15) is 13.5 Å². The van der Waals surface area contributed by atoms with Gasteiger partial charge >= 0.3 is 0 Å². The van der Waals surface area contributed by atoms with E-state index in [0.717, 1.165) is 53.4 Å². The Bertz CT molecular complexity index is 9360. The number of aromatic nitrogens is 10. The van der Waals surface area contributed by atoms with Crippen molar-refractivity contribution in [3.05, 3.63) is 518 Å². The van der Waals surface area contributed by atoms with Gasteiger partial charge in [-0.1, -0.05) is 250 Å². The summed E-state index contributed by atoms with van der Waals surface area (Å²) in [7, 11) is 0. The number of hydrogen-bond acceptors (Lipinski definition) is 6. The molecule has 16 aromatic carbocycles. The van der Waals surface area contributed by atoms with E-state index in [4.69, 9.17) is 16.1 Å². The van der Waals surface area contributed by atoms with E-state index in [1.54, 1.807) is 0 Å². The molecule has 1 aliphatic carbocycles. The number of fused-ring (bicyclic) bond motifs is 16. The molecule has 0 saturated carbocycles. The minimum atomic E-state index is -0.526. The summed E-state index contributed by atoms with van der Waals surface area (Å²) in [5.41, 5.74) is 30.9. The molecular formula is C130H103Ir3N10O2-. The van der Waals surface area contributed by atoms with E-state index in [-0.39, 0.29) is 88.5 Å². The van der Waals surface area contributed by atoms with Crippen LogP contribution >= 0.6 is 0 Å². The molecule has 0 bridgehead atoms. The molecule has 11 heterocycles. The first-order valence-electron chi connectivity index (χ1n) is 51.5.